The number of nitrogens with two attached hydrogens (primary N) is 1. The molecule has 0 aromatic carbocycles. The summed E-state index contributed by atoms with van der Waals surface area (Å²) >= 11 is 1.82. The highest BCUT2D eigenvalue weighted by Gasteiger charge is 2.24. The molecule has 102 valence electrons. The lowest BCUT2D eigenvalue weighted by molar-refractivity contribution is 0.509. The fraction of sp³-hybridized carbons (Fsp3) is 0.571. The minimum atomic E-state index is 0.314. The van der Waals surface area contributed by atoms with E-state index in [1.165, 1.54) is 16.9 Å². The topological polar surface area (TPSA) is 63.8 Å². The number of nitrogen functional groups attached to an aromatic ring is 1. The van der Waals surface area contributed by atoms with Gasteiger partial charge in [-0.1, -0.05) is 20.8 Å². The van der Waals surface area contributed by atoms with Gasteiger partial charge in [-0.25, -0.2) is 15.8 Å². The molecule has 3 N–H and O–H groups in total. The van der Waals surface area contributed by atoms with Crippen molar-refractivity contribution in [2.45, 2.75) is 46.0 Å². The maximum absolute atomic E-state index is 5.67. The van der Waals surface area contributed by atoms with E-state index < -0.39 is 0 Å². The van der Waals surface area contributed by atoms with Crippen molar-refractivity contribution in [1.29, 1.82) is 0 Å². The van der Waals surface area contributed by atoms with Crippen LogP contribution in [0.15, 0.2) is 0 Å². The second-order valence-electron chi connectivity index (χ2n) is 5.76. The summed E-state index contributed by atoms with van der Waals surface area (Å²) in [6, 6.07) is 0. The molecule has 0 amide bonds. The van der Waals surface area contributed by atoms with Crippen molar-refractivity contribution in [2.75, 3.05) is 5.43 Å². The quantitative estimate of drug-likeness (QED) is 0.653. The third-order valence-corrected chi connectivity index (χ3v) is 4.97. The molecule has 2 heterocycles. The highest BCUT2D eigenvalue weighted by molar-refractivity contribution is 7.19. The summed E-state index contributed by atoms with van der Waals surface area (Å²) in [5, 5.41) is 1.15. The average Bonchev–Trinajstić information content (AvgIpc) is 2.74. The predicted molar refractivity (Wildman–Crippen MR) is 80.5 cm³/mol. The van der Waals surface area contributed by atoms with Gasteiger partial charge in [-0.2, -0.15) is 0 Å². The summed E-state index contributed by atoms with van der Waals surface area (Å²) in [5.41, 5.74) is 4.19. The van der Waals surface area contributed by atoms with Crippen LogP contribution in [-0.2, 0) is 12.8 Å². The van der Waals surface area contributed by atoms with Crippen LogP contribution in [0.2, 0.25) is 0 Å². The van der Waals surface area contributed by atoms with Crippen molar-refractivity contribution in [3.8, 4) is 0 Å². The lowest BCUT2D eigenvalue weighted by Gasteiger charge is -2.18. The van der Waals surface area contributed by atoms with Crippen molar-refractivity contribution in [1.82, 2.24) is 9.97 Å². The third kappa shape index (κ3) is 2.11. The molecule has 1 unspecified atom stereocenters. The molecule has 1 atom stereocenters. The largest absolute Gasteiger partial charge is 0.308 e. The number of anilines is 1. The fourth-order valence-electron chi connectivity index (χ4n) is 2.72. The molecule has 1 aliphatic carbocycles. The average molecular weight is 276 g/mol. The van der Waals surface area contributed by atoms with Gasteiger partial charge in [0, 0.05) is 10.8 Å². The molecule has 0 radical (unpaired) electrons. The van der Waals surface area contributed by atoms with Gasteiger partial charge in [0.25, 0.3) is 0 Å². The number of hydrogen-bond donors (Lipinski definition) is 2. The zero-order valence-corrected chi connectivity index (χ0v) is 12.5. The zero-order chi connectivity index (χ0) is 13.6. The first kappa shape index (κ1) is 12.8. The van der Waals surface area contributed by atoms with Crippen LogP contribution in [-0.4, -0.2) is 9.97 Å². The Morgan fingerprint density at radius 3 is 2.84 bits per heavy atom. The first-order chi connectivity index (χ1) is 9.10. The van der Waals surface area contributed by atoms with Gasteiger partial charge in [-0.3, -0.25) is 0 Å². The molecule has 4 nitrogen and oxygen atoms in total. The van der Waals surface area contributed by atoms with Crippen LogP contribution in [0.25, 0.3) is 10.2 Å². The summed E-state index contributed by atoms with van der Waals surface area (Å²) in [6.07, 6.45) is 3.53. The molecule has 0 fully saturated rings. The minimum Gasteiger partial charge on any atom is -0.308 e. The Labute approximate surface area is 117 Å². The van der Waals surface area contributed by atoms with Crippen molar-refractivity contribution >= 4 is 27.4 Å². The van der Waals surface area contributed by atoms with E-state index in [9.17, 15) is 0 Å². The van der Waals surface area contributed by atoms with E-state index in [2.05, 4.69) is 31.2 Å². The lowest BCUT2D eigenvalue weighted by Crippen LogP contribution is -2.13. The number of aryl methyl sites for hydroxylation is 1. The van der Waals surface area contributed by atoms with E-state index in [-0.39, 0.29) is 0 Å². The van der Waals surface area contributed by atoms with Crippen LogP contribution in [0, 0.1) is 5.92 Å². The second-order valence-corrected chi connectivity index (χ2v) is 6.84. The number of aromatic nitrogens is 2. The molecule has 1 aliphatic rings. The van der Waals surface area contributed by atoms with E-state index in [0.29, 0.717) is 5.92 Å². The Morgan fingerprint density at radius 2 is 2.16 bits per heavy atom. The number of nitrogens with one attached hydrogen (secondary N) is 1. The summed E-state index contributed by atoms with van der Waals surface area (Å²) in [6.45, 7) is 6.54. The molecule has 0 saturated carbocycles. The van der Waals surface area contributed by atoms with Gasteiger partial charge in [0.1, 0.15) is 10.7 Å². The maximum Gasteiger partial charge on any atom is 0.152 e. The van der Waals surface area contributed by atoms with E-state index in [4.69, 9.17) is 10.8 Å². The number of rotatable bonds is 2. The lowest BCUT2D eigenvalue weighted by atomic mass is 9.89. The van der Waals surface area contributed by atoms with Crippen LogP contribution < -0.4 is 11.3 Å². The van der Waals surface area contributed by atoms with Crippen LogP contribution >= 0.6 is 11.3 Å². The SMILES string of the molecule is CC1CCc2c(sc3nc(C(C)C)nc(NN)c23)C1. The Hall–Kier alpha value is -1.20. The Bertz CT molecular complexity index is 617. The van der Waals surface area contributed by atoms with Crippen molar-refractivity contribution in [3.63, 3.8) is 0 Å². The highest BCUT2D eigenvalue weighted by Crippen LogP contribution is 2.40. The molecular weight excluding hydrogens is 256 g/mol. The van der Waals surface area contributed by atoms with E-state index >= 15 is 0 Å². The van der Waals surface area contributed by atoms with Crippen LogP contribution in [0.1, 0.15) is 49.4 Å². The standard InChI is InChI=1S/C14H20N4S/c1-7(2)12-16-13(18-15)11-9-5-4-8(3)6-10(9)19-14(11)17-12/h7-8H,4-6,15H2,1-3H3,(H,16,17,18). The molecule has 2 aromatic rings. The predicted octanol–water partition coefficient (Wildman–Crippen LogP) is 3.23. The zero-order valence-electron chi connectivity index (χ0n) is 11.7. The molecule has 0 spiro atoms. The van der Waals surface area contributed by atoms with Crippen molar-refractivity contribution in [2.24, 2.45) is 11.8 Å². The Kier molecular flexibility index (Phi) is 3.19. The van der Waals surface area contributed by atoms with Crippen molar-refractivity contribution in [3.05, 3.63) is 16.3 Å². The number of fused-ring (bicyclic) bond motifs is 3. The van der Waals surface area contributed by atoms with Gasteiger partial charge < -0.3 is 5.43 Å². The smallest absolute Gasteiger partial charge is 0.152 e. The summed E-state index contributed by atoms with van der Waals surface area (Å²) in [4.78, 5) is 11.9. The summed E-state index contributed by atoms with van der Waals surface area (Å²) < 4.78 is 0. The van der Waals surface area contributed by atoms with E-state index in [1.807, 2.05) is 11.3 Å². The van der Waals surface area contributed by atoms with Crippen LogP contribution in [0.5, 0.6) is 0 Å². The van der Waals surface area contributed by atoms with Crippen molar-refractivity contribution < 1.29 is 0 Å². The molecule has 5 heteroatoms. The van der Waals surface area contributed by atoms with E-state index in [0.717, 1.165) is 40.6 Å². The number of hydrazine groups is 1. The third-order valence-electron chi connectivity index (χ3n) is 3.83. The Morgan fingerprint density at radius 1 is 1.37 bits per heavy atom. The molecule has 0 aliphatic heterocycles. The first-order valence-electron chi connectivity index (χ1n) is 6.89. The molecule has 19 heavy (non-hydrogen) atoms. The summed E-state index contributed by atoms with van der Waals surface area (Å²) in [7, 11) is 0. The van der Waals surface area contributed by atoms with Crippen LogP contribution in [0.4, 0.5) is 5.82 Å². The van der Waals surface area contributed by atoms with Gasteiger partial charge in [-0.15, -0.1) is 11.3 Å². The monoisotopic (exact) mass is 276 g/mol. The first-order valence-corrected chi connectivity index (χ1v) is 7.70. The molecule has 2 aromatic heterocycles. The summed E-state index contributed by atoms with van der Waals surface area (Å²) in [5.74, 6) is 8.41. The molecule has 3 rings (SSSR count). The fourth-order valence-corrected chi connectivity index (χ4v) is 4.11. The highest BCUT2D eigenvalue weighted by atomic mass is 32.1. The number of thiophene rings is 1. The van der Waals surface area contributed by atoms with Gasteiger partial charge >= 0.3 is 0 Å². The van der Waals surface area contributed by atoms with Gasteiger partial charge in [0.05, 0.1) is 5.39 Å². The molecule has 0 bridgehead atoms. The number of nitrogens with zero attached hydrogens (tertiary/aromatic N) is 2. The van der Waals surface area contributed by atoms with Gasteiger partial charge in [-0.05, 0) is 30.7 Å². The van der Waals surface area contributed by atoms with Gasteiger partial charge in [0.15, 0.2) is 5.82 Å². The van der Waals surface area contributed by atoms with E-state index in [1.54, 1.807) is 0 Å². The number of hydrogen-bond acceptors (Lipinski definition) is 5. The second kappa shape index (κ2) is 4.72. The molecular formula is C14H20N4S. The minimum absolute atomic E-state index is 0.314. The normalized spacial score (nSPS) is 18.9. The van der Waals surface area contributed by atoms with Gasteiger partial charge in [0.2, 0.25) is 0 Å². The Balaban J connectivity index is 2.23. The molecule has 0 saturated heterocycles. The van der Waals surface area contributed by atoms with Crippen LogP contribution in [0.3, 0.4) is 0 Å². The maximum atomic E-state index is 5.67.